The number of methoxy groups -OCH3 is 1. The van der Waals surface area contributed by atoms with Crippen LogP contribution in [-0.4, -0.2) is 28.9 Å². The highest BCUT2D eigenvalue weighted by molar-refractivity contribution is 5.82. The number of allylic oxidation sites excluding steroid dienone is 1. The molecule has 0 aromatic heterocycles. The lowest BCUT2D eigenvalue weighted by Gasteiger charge is -2.53. The summed E-state index contributed by atoms with van der Waals surface area (Å²) in [6.45, 7) is 2.45. The highest BCUT2D eigenvalue weighted by Crippen LogP contribution is 2.64. The van der Waals surface area contributed by atoms with Crippen LogP contribution in [0.1, 0.15) is 69.8 Å². The Morgan fingerprint density at radius 1 is 1.17 bits per heavy atom. The van der Waals surface area contributed by atoms with E-state index >= 15 is 0 Å². The van der Waals surface area contributed by atoms with E-state index in [4.69, 9.17) is 4.74 Å². The maximum Gasteiger partial charge on any atom is 0.193 e. The Morgan fingerprint density at radius 3 is 2.79 bits per heavy atom. The van der Waals surface area contributed by atoms with Gasteiger partial charge in [-0.25, -0.2) is 0 Å². The van der Waals surface area contributed by atoms with E-state index in [2.05, 4.69) is 19.1 Å². The van der Waals surface area contributed by atoms with Gasteiger partial charge in [0.15, 0.2) is 5.79 Å². The number of hydrogen-bond acceptors (Lipinski definition) is 4. The quantitative estimate of drug-likeness (QED) is 0.576. The van der Waals surface area contributed by atoms with E-state index in [-0.39, 0.29) is 24.0 Å². The van der Waals surface area contributed by atoms with Crippen LogP contribution in [0.4, 0.5) is 0 Å². The van der Waals surface area contributed by atoms with Gasteiger partial charge in [0.2, 0.25) is 0 Å². The van der Waals surface area contributed by atoms with Crippen molar-refractivity contribution < 1.29 is 19.7 Å². The van der Waals surface area contributed by atoms with E-state index in [9.17, 15) is 15.0 Å². The molecular formula is C25H32O4. The van der Waals surface area contributed by atoms with Crippen LogP contribution in [0.25, 0.3) is 0 Å². The van der Waals surface area contributed by atoms with Gasteiger partial charge in [0, 0.05) is 12.3 Å². The molecule has 156 valence electrons. The van der Waals surface area contributed by atoms with E-state index in [1.54, 1.807) is 7.11 Å². The van der Waals surface area contributed by atoms with Gasteiger partial charge in [-0.15, -0.1) is 0 Å². The van der Waals surface area contributed by atoms with Gasteiger partial charge in [0.1, 0.15) is 11.5 Å². The smallest absolute Gasteiger partial charge is 0.193 e. The number of ether oxygens (including phenoxy) is 1. The number of ketones is 1. The number of hydrogen-bond donors (Lipinski definition) is 2. The van der Waals surface area contributed by atoms with E-state index < -0.39 is 5.79 Å². The number of benzene rings is 1. The SMILES string of the molecule is COc1cccc([C@H]2C[C@]3(C)CCC[C@H]3[C@@H]3CCC4CC(=O)CC(O)(O)C4=C32)c1. The summed E-state index contributed by atoms with van der Waals surface area (Å²) in [6, 6.07) is 8.27. The molecule has 0 spiro atoms. The van der Waals surface area contributed by atoms with Crippen LogP contribution in [-0.2, 0) is 4.79 Å². The Balaban J connectivity index is 1.70. The third-order valence-corrected chi connectivity index (χ3v) is 8.48. The van der Waals surface area contributed by atoms with Gasteiger partial charge in [-0.3, -0.25) is 4.79 Å². The first-order valence-electron chi connectivity index (χ1n) is 11.2. The Hall–Kier alpha value is -1.65. The summed E-state index contributed by atoms with van der Waals surface area (Å²) in [5.41, 5.74) is 3.54. The number of carbonyl (C=O) groups excluding carboxylic acids is 1. The highest BCUT2D eigenvalue weighted by Gasteiger charge is 2.56. The minimum Gasteiger partial charge on any atom is -0.497 e. The van der Waals surface area contributed by atoms with Crippen molar-refractivity contribution >= 4 is 5.78 Å². The van der Waals surface area contributed by atoms with Crippen LogP contribution in [0.2, 0.25) is 0 Å². The second kappa shape index (κ2) is 6.68. The summed E-state index contributed by atoms with van der Waals surface area (Å²) < 4.78 is 5.50. The van der Waals surface area contributed by atoms with E-state index in [0.717, 1.165) is 30.6 Å². The first-order chi connectivity index (χ1) is 13.8. The average Bonchev–Trinajstić information content (AvgIpc) is 3.07. The zero-order valence-corrected chi connectivity index (χ0v) is 17.5. The van der Waals surface area contributed by atoms with Crippen LogP contribution in [0.3, 0.4) is 0 Å². The molecule has 29 heavy (non-hydrogen) atoms. The van der Waals surface area contributed by atoms with Crippen LogP contribution in [0.15, 0.2) is 35.4 Å². The van der Waals surface area contributed by atoms with Crippen LogP contribution in [0.5, 0.6) is 5.75 Å². The molecule has 2 N–H and O–H groups in total. The second-order valence-electron chi connectivity index (χ2n) is 10.2. The van der Waals surface area contributed by atoms with Crippen LogP contribution >= 0.6 is 0 Å². The molecule has 0 radical (unpaired) electrons. The maximum atomic E-state index is 12.2. The molecule has 4 heteroatoms. The van der Waals surface area contributed by atoms with Crippen molar-refractivity contribution in [3.05, 3.63) is 41.0 Å². The Kier molecular flexibility index (Phi) is 4.45. The van der Waals surface area contributed by atoms with Gasteiger partial charge in [-0.2, -0.15) is 0 Å². The molecule has 1 aromatic rings. The summed E-state index contributed by atoms with van der Waals surface area (Å²) in [4.78, 5) is 12.2. The predicted molar refractivity (Wildman–Crippen MR) is 110 cm³/mol. The van der Waals surface area contributed by atoms with E-state index in [1.807, 2.05) is 12.1 Å². The fourth-order valence-electron chi connectivity index (χ4n) is 7.39. The fourth-order valence-corrected chi connectivity index (χ4v) is 7.39. The Morgan fingerprint density at radius 2 is 2.00 bits per heavy atom. The lowest BCUT2D eigenvalue weighted by molar-refractivity contribution is -0.165. The molecule has 0 amide bonds. The summed E-state index contributed by atoms with van der Waals surface area (Å²) in [5, 5.41) is 22.0. The monoisotopic (exact) mass is 396 g/mol. The van der Waals surface area contributed by atoms with Crippen molar-refractivity contribution in [2.24, 2.45) is 23.2 Å². The maximum absolute atomic E-state index is 12.2. The van der Waals surface area contributed by atoms with Crippen molar-refractivity contribution in [3.8, 4) is 5.75 Å². The highest BCUT2D eigenvalue weighted by atomic mass is 16.5. The van der Waals surface area contributed by atoms with Gasteiger partial charge in [-0.1, -0.05) is 31.1 Å². The molecule has 0 bridgehead atoms. The fraction of sp³-hybridized carbons (Fsp3) is 0.640. The normalized spacial score (nSPS) is 38.3. The molecule has 5 rings (SSSR count). The minimum absolute atomic E-state index is 0.0173. The largest absolute Gasteiger partial charge is 0.497 e. The molecule has 1 unspecified atom stereocenters. The van der Waals surface area contributed by atoms with Gasteiger partial charge in [-0.05, 0) is 78.5 Å². The van der Waals surface area contributed by atoms with Gasteiger partial charge in [0.25, 0.3) is 0 Å². The number of Topliss-reactive ketones (excluding diaryl/α,β-unsaturated/α-hetero) is 1. The molecule has 4 nitrogen and oxygen atoms in total. The van der Waals surface area contributed by atoms with Crippen molar-refractivity contribution in [2.75, 3.05) is 7.11 Å². The third kappa shape index (κ3) is 2.98. The molecule has 4 aliphatic rings. The first kappa shape index (κ1) is 19.3. The summed E-state index contributed by atoms with van der Waals surface area (Å²) in [7, 11) is 1.69. The topological polar surface area (TPSA) is 66.8 Å². The lowest BCUT2D eigenvalue weighted by atomic mass is 9.52. The molecule has 0 aliphatic heterocycles. The van der Waals surface area contributed by atoms with Crippen molar-refractivity contribution in [1.82, 2.24) is 0 Å². The molecule has 5 atom stereocenters. The molecule has 3 fully saturated rings. The second-order valence-corrected chi connectivity index (χ2v) is 10.2. The number of fused-ring (bicyclic) bond motifs is 4. The van der Waals surface area contributed by atoms with Crippen LogP contribution in [0, 0.1) is 23.2 Å². The predicted octanol–water partition coefficient (Wildman–Crippen LogP) is 4.36. The summed E-state index contributed by atoms with van der Waals surface area (Å²) >= 11 is 0. The molecular weight excluding hydrogens is 364 g/mol. The molecule has 3 saturated carbocycles. The summed E-state index contributed by atoms with van der Waals surface area (Å²) in [6.07, 6.45) is 7.04. The first-order valence-corrected chi connectivity index (χ1v) is 11.2. The zero-order chi connectivity index (χ0) is 20.4. The zero-order valence-electron chi connectivity index (χ0n) is 17.5. The number of rotatable bonds is 2. The molecule has 1 aromatic carbocycles. The number of carbonyl (C=O) groups is 1. The Labute approximate surface area is 173 Å². The number of aliphatic hydroxyl groups is 2. The average molecular weight is 397 g/mol. The summed E-state index contributed by atoms with van der Waals surface area (Å²) in [5.74, 6) is -0.0179. The minimum atomic E-state index is -1.99. The van der Waals surface area contributed by atoms with Gasteiger partial charge < -0.3 is 14.9 Å². The Bertz CT molecular complexity index is 869. The van der Waals surface area contributed by atoms with Crippen LogP contribution < -0.4 is 4.74 Å². The standard InChI is InChI=1S/C25H32O4/c1-24-10-4-7-21(24)19-9-8-16-11-17(26)13-25(27,28)23(16)22(19)20(14-24)15-5-3-6-18(12-15)29-2/h3,5-6,12,16,19-21,27-28H,4,7-11,13-14H2,1-2H3/t16?,19-,20+,21-,24-/m0/s1. The van der Waals surface area contributed by atoms with Gasteiger partial charge in [0.05, 0.1) is 13.5 Å². The van der Waals surface area contributed by atoms with E-state index in [1.165, 1.54) is 30.4 Å². The third-order valence-electron chi connectivity index (χ3n) is 8.48. The van der Waals surface area contributed by atoms with Crippen molar-refractivity contribution in [2.45, 2.75) is 70.0 Å². The van der Waals surface area contributed by atoms with Crippen molar-refractivity contribution in [3.63, 3.8) is 0 Å². The molecule has 4 aliphatic carbocycles. The van der Waals surface area contributed by atoms with Crippen molar-refractivity contribution in [1.29, 1.82) is 0 Å². The van der Waals surface area contributed by atoms with Gasteiger partial charge >= 0.3 is 0 Å². The molecule has 0 heterocycles. The molecule has 0 saturated heterocycles. The lowest BCUT2D eigenvalue weighted by Crippen LogP contribution is -2.49. The van der Waals surface area contributed by atoms with E-state index in [0.29, 0.717) is 23.7 Å².